The largest absolute Gasteiger partial charge is 0.375 e. The molecule has 19 heavy (non-hydrogen) atoms. The molecule has 0 radical (unpaired) electrons. The van der Waals surface area contributed by atoms with E-state index in [4.69, 9.17) is 5.73 Å². The summed E-state index contributed by atoms with van der Waals surface area (Å²) in [5.41, 5.74) is 8.65. The van der Waals surface area contributed by atoms with Gasteiger partial charge in [-0.15, -0.1) is 0 Å². The van der Waals surface area contributed by atoms with Crippen LogP contribution in [0.3, 0.4) is 0 Å². The van der Waals surface area contributed by atoms with Crippen LogP contribution in [0.15, 0.2) is 59.1 Å². The minimum Gasteiger partial charge on any atom is -0.375 e. The molecule has 1 unspecified atom stereocenters. The number of para-hydroxylation sites is 1. The summed E-state index contributed by atoms with van der Waals surface area (Å²) >= 11 is 3.48. The van der Waals surface area contributed by atoms with E-state index in [1.54, 1.807) is 0 Å². The van der Waals surface area contributed by atoms with Gasteiger partial charge in [-0.3, -0.25) is 0 Å². The van der Waals surface area contributed by atoms with Gasteiger partial charge in [0.15, 0.2) is 0 Å². The zero-order valence-electron chi connectivity index (χ0n) is 11.1. The molecule has 2 nitrogen and oxygen atoms in total. The predicted octanol–water partition coefficient (Wildman–Crippen LogP) is 3.98. The molecule has 0 bridgehead atoms. The van der Waals surface area contributed by atoms with E-state index in [1.165, 1.54) is 11.3 Å². The topological polar surface area (TPSA) is 29.3 Å². The van der Waals surface area contributed by atoms with Gasteiger partial charge in [0.1, 0.15) is 0 Å². The van der Waals surface area contributed by atoms with Gasteiger partial charge in [0, 0.05) is 29.8 Å². The highest BCUT2D eigenvalue weighted by Gasteiger charge is 2.08. The van der Waals surface area contributed by atoms with Gasteiger partial charge in [0.25, 0.3) is 0 Å². The Hall–Kier alpha value is -1.32. The molecule has 3 heteroatoms. The molecule has 0 spiro atoms. The summed E-state index contributed by atoms with van der Waals surface area (Å²) in [7, 11) is 2.10. The van der Waals surface area contributed by atoms with E-state index in [-0.39, 0.29) is 6.04 Å². The second kappa shape index (κ2) is 6.73. The Morgan fingerprint density at radius 3 is 2.53 bits per heavy atom. The van der Waals surface area contributed by atoms with Gasteiger partial charge < -0.3 is 10.6 Å². The summed E-state index contributed by atoms with van der Waals surface area (Å²) in [5, 5.41) is 0. The summed E-state index contributed by atoms with van der Waals surface area (Å²) in [5.74, 6) is 0. The Balaban J connectivity index is 1.92. The molecule has 0 aliphatic rings. The molecule has 2 rings (SSSR count). The lowest BCUT2D eigenvalue weighted by atomic mass is 10.0. The molecule has 0 heterocycles. The molecule has 0 fully saturated rings. The lowest BCUT2D eigenvalue weighted by Gasteiger charge is -2.21. The van der Waals surface area contributed by atoms with Crippen LogP contribution in [0.2, 0.25) is 0 Å². The number of hydrogen-bond acceptors (Lipinski definition) is 2. The van der Waals surface area contributed by atoms with Crippen molar-refractivity contribution in [1.82, 2.24) is 0 Å². The number of halogens is 1. The minimum absolute atomic E-state index is 0.0728. The van der Waals surface area contributed by atoms with Crippen molar-refractivity contribution in [2.45, 2.75) is 12.5 Å². The molecule has 0 amide bonds. The molecule has 0 saturated carbocycles. The fourth-order valence-corrected chi connectivity index (χ4v) is 2.47. The number of anilines is 1. The molecule has 2 aromatic carbocycles. The van der Waals surface area contributed by atoms with Crippen molar-refractivity contribution in [3.63, 3.8) is 0 Å². The first-order chi connectivity index (χ1) is 9.16. The molecule has 0 aliphatic heterocycles. The summed E-state index contributed by atoms with van der Waals surface area (Å²) in [6, 6.07) is 18.7. The smallest absolute Gasteiger partial charge is 0.0363 e. The first-order valence-electron chi connectivity index (χ1n) is 6.44. The van der Waals surface area contributed by atoms with E-state index in [9.17, 15) is 0 Å². The number of benzene rings is 2. The Morgan fingerprint density at radius 2 is 1.84 bits per heavy atom. The highest BCUT2D eigenvalue weighted by Crippen LogP contribution is 2.20. The van der Waals surface area contributed by atoms with Gasteiger partial charge in [-0.2, -0.15) is 0 Å². The summed E-state index contributed by atoms with van der Waals surface area (Å²) in [4.78, 5) is 2.23. The Bertz CT molecular complexity index is 513. The van der Waals surface area contributed by atoms with E-state index in [2.05, 4.69) is 64.3 Å². The number of hydrogen-bond donors (Lipinski definition) is 1. The first kappa shape index (κ1) is 14.1. The Kier molecular flexibility index (Phi) is 5.00. The maximum atomic E-state index is 6.24. The van der Waals surface area contributed by atoms with E-state index >= 15 is 0 Å². The van der Waals surface area contributed by atoms with Gasteiger partial charge >= 0.3 is 0 Å². The molecular formula is C16H19BrN2. The molecule has 0 saturated heterocycles. The fourth-order valence-electron chi connectivity index (χ4n) is 2.05. The molecule has 1 atom stereocenters. The van der Waals surface area contributed by atoms with Crippen molar-refractivity contribution >= 4 is 21.6 Å². The Labute approximate surface area is 123 Å². The zero-order valence-corrected chi connectivity index (χ0v) is 12.7. The SMILES string of the molecule is CN(CCC(N)c1cccc(Br)c1)c1ccccc1. The third kappa shape index (κ3) is 4.08. The van der Waals surface area contributed by atoms with Gasteiger partial charge in [-0.1, -0.05) is 46.3 Å². The summed E-state index contributed by atoms with van der Waals surface area (Å²) in [6.45, 7) is 0.942. The molecule has 0 aromatic heterocycles. The second-order valence-corrected chi connectivity index (χ2v) is 5.62. The van der Waals surface area contributed by atoms with Crippen molar-refractivity contribution in [2.24, 2.45) is 5.73 Å². The van der Waals surface area contributed by atoms with Crippen LogP contribution in [0.1, 0.15) is 18.0 Å². The average Bonchev–Trinajstić information content (AvgIpc) is 2.45. The number of nitrogens with zero attached hydrogens (tertiary/aromatic N) is 1. The molecular weight excluding hydrogens is 300 g/mol. The Morgan fingerprint density at radius 1 is 1.11 bits per heavy atom. The van der Waals surface area contributed by atoms with E-state index < -0.39 is 0 Å². The summed E-state index contributed by atoms with van der Waals surface area (Å²) in [6.07, 6.45) is 0.932. The van der Waals surface area contributed by atoms with E-state index in [0.717, 1.165) is 17.4 Å². The standard InChI is InChI=1S/C16H19BrN2/c1-19(15-8-3-2-4-9-15)11-10-16(18)13-6-5-7-14(17)12-13/h2-9,12,16H,10-11,18H2,1H3. The van der Waals surface area contributed by atoms with Crippen LogP contribution in [0.25, 0.3) is 0 Å². The lowest BCUT2D eigenvalue weighted by molar-refractivity contribution is 0.645. The van der Waals surface area contributed by atoms with Gasteiger partial charge in [0.05, 0.1) is 0 Å². The van der Waals surface area contributed by atoms with Gasteiger partial charge in [-0.05, 0) is 36.2 Å². The number of nitrogens with two attached hydrogens (primary N) is 1. The quantitative estimate of drug-likeness (QED) is 0.903. The third-order valence-corrected chi connectivity index (χ3v) is 3.74. The van der Waals surface area contributed by atoms with Crippen LogP contribution < -0.4 is 10.6 Å². The lowest BCUT2D eigenvalue weighted by Crippen LogP contribution is -2.23. The first-order valence-corrected chi connectivity index (χ1v) is 7.23. The highest BCUT2D eigenvalue weighted by molar-refractivity contribution is 9.10. The van der Waals surface area contributed by atoms with Gasteiger partial charge in [0.2, 0.25) is 0 Å². The molecule has 2 N–H and O–H groups in total. The zero-order chi connectivity index (χ0) is 13.7. The highest BCUT2D eigenvalue weighted by atomic mass is 79.9. The van der Waals surface area contributed by atoms with Crippen LogP contribution in [-0.4, -0.2) is 13.6 Å². The minimum atomic E-state index is 0.0728. The molecule has 100 valence electrons. The predicted molar refractivity (Wildman–Crippen MR) is 85.4 cm³/mol. The van der Waals surface area contributed by atoms with E-state index in [1.807, 2.05) is 18.2 Å². The monoisotopic (exact) mass is 318 g/mol. The second-order valence-electron chi connectivity index (χ2n) is 4.71. The van der Waals surface area contributed by atoms with Crippen molar-refractivity contribution in [3.05, 3.63) is 64.6 Å². The summed E-state index contributed by atoms with van der Waals surface area (Å²) < 4.78 is 1.08. The van der Waals surface area contributed by atoms with Crippen molar-refractivity contribution in [2.75, 3.05) is 18.5 Å². The maximum absolute atomic E-state index is 6.24. The maximum Gasteiger partial charge on any atom is 0.0363 e. The van der Waals surface area contributed by atoms with Gasteiger partial charge in [-0.25, -0.2) is 0 Å². The van der Waals surface area contributed by atoms with Crippen LogP contribution in [0, 0.1) is 0 Å². The normalized spacial score (nSPS) is 12.2. The van der Waals surface area contributed by atoms with Crippen LogP contribution in [0.4, 0.5) is 5.69 Å². The number of rotatable bonds is 5. The van der Waals surface area contributed by atoms with Crippen LogP contribution >= 0.6 is 15.9 Å². The van der Waals surface area contributed by atoms with Crippen molar-refractivity contribution in [1.29, 1.82) is 0 Å². The fraction of sp³-hybridized carbons (Fsp3) is 0.250. The van der Waals surface area contributed by atoms with Crippen LogP contribution in [-0.2, 0) is 0 Å². The third-order valence-electron chi connectivity index (χ3n) is 3.25. The molecule has 0 aliphatic carbocycles. The van der Waals surface area contributed by atoms with Crippen LogP contribution in [0.5, 0.6) is 0 Å². The molecule has 2 aromatic rings. The van der Waals surface area contributed by atoms with Crippen molar-refractivity contribution < 1.29 is 0 Å². The van der Waals surface area contributed by atoms with Crippen molar-refractivity contribution in [3.8, 4) is 0 Å². The average molecular weight is 319 g/mol. The van der Waals surface area contributed by atoms with E-state index in [0.29, 0.717) is 0 Å².